The van der Waals surface area contributed by atoms with E-state index < -0.39 is 5.97 Å². The minimum atomic E-state index is -0.978. The first-order chi connectivity index (χ1) is 8.67. The number of hydrogen-bond acceptors (Lipinski definition) is 4. The van der Waals surface area contributed by atoms with Gasteiger partial charge in [-0.3, -0.25) is 0 Å². The van der Waals surface area contributed by atoms with Crippen LogP contribution in [0.25, 0.3) is 0 Å². The first kappa shape index (κ1) is 14.7. The summed E-state index contributed by atoms with van der Waals surface area (Å²) in [5.41, 5.74) is 0.173. The van der Waals surface area contributed by atoms with Gasteiger partial charge in [0.2, 0.25) is 0 Å². The van der Waals surface area contributed by atoms with Crippen LogP contribution >= 0.6 is 0 Å². The lowest BCUT2D eigenvalue weighted by atomic mass is 10.0. The zero-order valence-electron chi connectivity index (χ0n) is 10.7. The van der Waals surface area contributed by atoms with Crippen LogP contribution in [-0.4, -0.2) is 29.3 Å². The highest BCUT2D eigenvalue weighted by Gasteiger charge is 2.09. The number of furan rings is 1. The van der Waals surface area contributed by atoms with Crippen molar-refractivity contribution in [2.45, 2.75) is 32.7 Å². The Hall–Kier alpha value is -1.33. The molecule has 1 rings (SSSR count). The van der Waals surface area contributed by atoms with Crippen molar-refractivity contribution in [3.8, 4) is 0 Å². The third-order valence-electron chi connectivity index (χ3n) is 2.87. The molecule has 1 aromatic heterocycles. The lowest BCUT2D eigenvalue weighted by Crippen LogP contribution is -2.23. The van der Waals surface area contributed by atoms with E-state index in [1.165, 1.54) is 12.3 Å². The summed E-state index contributed by atoms with van der Waals surface area (Å²) in [6.07, 6.45) is 4.21. The molecule has 0 saturated heterocycles. The summed E-state index contributed by atoms with van der Waals surface area (Å²) in [6.45, 7) is 3.64. The van der Waals surface area contributed by atoms with Gasteiger partial charge in [0.05, 0.1) is 12.1 Å². The minimum absolute atomic E-state index is 0.173. The fourth-order valence-electron chi connectivity index (χ4n) is 1.92. The summed E-state index contributed by atoms with van der Waals surface area (Å²) < 4.78 is 5.13. The molecule has 0 saturated carbocycles. The van der Waals surface area contributed by atoms with Crippen LogP contribution in [0.5, 0.6) is 0 Å². The Kier molecular flexibility index (Phi) is 6.46. The molecular formula is C13H21NO4. The van der Waals surface area contributed by atoms with Gasteiger partial charge in [-0.2, -0.15) is 0 Å². The molecule has 0 spiro atoms. The zero-order valence-corrected chi connectivity index (χ0v) is 10.7. The fraction of sp³-hybridized carbons (Fsp3) is 0.615. The third-order valence-corrected chi connectivity index (χ3v) is 2.87. The Morgan fingerprint density at radius 1 is 1.50 bits per heavy atom. The van der Waals surface area contributed by atoms with E-state index in [-0.39, 0.29) is 12.2 Å². The standard InChI is InChI=1S/C13H21NO4/c1-2-3-10(4-5-15)7-14-8-12-6-11(9-18-12)13(16)17/h6,9-10,14-15H,2-5,7-8H2,1H3,(H,16,17). The second-order valence-corrected chi connectivity index (χ2v) is 4.40. The van der Waals surface area contributed by atoms with Crippen LogP contribution in [0.4, 0.5) is 0 Å². The van der Waals surface area contributed by atoms with Gasteiger partial charge in [-0.05, 0) is 31.4 Å². The molecule has 1 heterocycles. The molecule has 5 nitrogen and oxygen atoms in total. The van der Waals surface area contributed by atoms with E-state index in [9.17, 15) is 4.79 Å². The van der Waals surface area contributed by atoms with Crippen molar-refractivity contribution in [2.75, 3.05) is 13.2 Å². The van der Waals surface area contributed by atoms with Crippen molar-refractivity contribution in [1.82, 2.24) is 5.32 Å². The summed E-state index contributed by atoms with van der Waals surface area (Å²) >= 11 is 0. The zero-order chi connectivity index (χ0) is 13.4. The van der Waals surface area contributed by atoms with E-state index in [2.05, 4.69) is 12.2 Å². The predicted molar refractivity (Wildman–Crippen MR) is 67.5 cm³/mol. The van der Waals surface area contributed by atoms with E-state index in [1.807, 2.05) is 0 Å². The number of aliphatic hydroxyl groups excluding tert-OH is 1. The van der Waals surface area contributed by atoms with Crippen molar-refractivity contribution in [3.63, 3.8) is 0 Å². The molecule has 1 aromatic rings. The molecule has 18 heavy (non-hydrogen) atoms. The maximum Gasteiger partial charge on any atom is 0.338 e. The molecule has 3 N–H and O–H groups in total. The fourth-order valence-corrected chi connectivity index (χ4v) is 1.92. The van der Waals surface area contributed by atoms with Crippen molar-refractivity contribution in [3.05, 3.63) is 23.7 Å². The Morgan fingerprint density at radius 3 is 2.83 bits per heavy atom. The van der Waals surface area contributed by atoms with Gasteiger partial charge in [0.1, 0.15) is 12.0 Å². The quantitative estimate of drug-likeness (QED) is 0.627. The summed E-state index contributed by atoms with van der Waals surface area (Å²) in [7, 11) is 0. The Balaban J connectivity index is 2.32. The third kappa shape index (κ3) is 4.89. The van der Waals surface area contributed by atoms with Crippen LogP contribution in [0.15, 0.2) is 16.7 Å². The highest BCUT2D eigenvalue weighted by Crippen LogP contribution is 2.11. The SMILES string of the molecule is CCCC(CCO)CNCc1cc(C(=O)O)co1. The smallest absolute Gasteiger partial charge is 0.338 e. The molecule has 0 aromatic carbocycles. The van der Waals surface area contributed by atoms with Gasteiger partial charge in [0.15, 0.2) is 0 Å². The molecule has 5 heteroatoms. The number of carbonyl (C=O) groups is 1. The molecule has 0 bridgehead atoms. The van der Waals surface area contributed by atoms with Crippen molar-refractivity contribution in [1.29, 1.82) is 0 Å². The lowest BCUT2D eigenvalue weighted by molar-refractivity contribution is 0.0696. The second kappa shape index (κ2) is 7.89. The van der Waals surface area contributed by atoms with Crippen LogP contribution in [0.1, 0.15) is 42.3 Å². The van der Waals surface area contributed by atoms with Crippen LogP contribution < -0.4 is 5.32 Å². The van der Waals surface area contributed by atoms with Gasteiger partial charge in [0, 0.05) is 6.61 Å². The molecule has 0 fully saturated rings. The number of nitrogens with one attached hydrogen (secondary N) is 1. The summed E-state index contributed by atoms with van der Waals surface area (Å²) in [5, 5.41) is 20.9. The second-order valence-electron chi connectivity index (χ2n) is 4.40. The van der Waals surface area contributed by atoms with Crippen molar-refractivity contribution < 1.29 is 19.4 Å². The number of aliphatic hydroxyl groups is 1. The highest BCUT2D eigenvalue weighted by molar-refractivity contribution is 5.87. The predicted octanol–water partition coefficient (Wildman–Crippen LogP) is 1.87. The minimum Gasteiger partial charge on any atom is -0.478 e. The molecular weight excluding hydrogens is 234 g/mol. The van der Waals surface area contributed by atoms with E-state index in [1.54, 1.807) is 0 Å². The molecule has 102 valence electrons. The number of carboxylic acids is 1. The Labute approximate surface area is 107 Å². The summed E-state index contributed by atoms with van der Waals surface area (Å²) in [6, 6.07) is 1.52. The average Bonchev–Trinajstić information content (AvgIpc) is 2.78. The first-order valence-corrected chi connectivity index (χ1v) is 6.29. The summed E-state index contributed by atoms with van der Waals surface area (Å²) in [5.74, 6) is 0.0923. The first-order valence-electron chi connectivity index (χ1n) is 6.29. The molecule has 0 aliphatic rings. The molecule has 1 atom stereocenters. The number of hydrogen-bond donors (Lipinski definition) is 3. The van der Waals surface area contributed by atoms with E-state index in [0.717, 1.165) is 25.8 Å². The molecule has 1 unspecified atom stereocenters. The maximum absolute atomic E-state index is 10.7. The number of carboxylic acid groups (broad SMARTS) is 1. The van der Waals surface area contributed by atoms with Crippen LogP contribution in [0.3, 0.4) is 0 Å². The Bertz CT molecular complexity index is 356. The average molecular weight is 255 g/mol. The summed E-state index contributed by atoms with van der Waals surface area (Å²) in [4.78, 5) is 10.7. The van der Waals surface area contributed by atoms with Crippen molar-refractivity contribution >= 4 is 5.97 Å². The van der Waals surface area contributed by atoms with Gasteiger partial charge in [-0.15, -0.1) is 0 Å². The van der Waals surface area contributed by atoms with Crippen LogP contribution in [0, 0.1) is 5.92 Å². The molecule has 0 radical (unpaired) electrons. The van der Waals surface area contributed by atoms with E-state index >= 15 is 0 Å². The monoisotopic (exact) mass is 255 g/mol. The van der Waals surface area contributed by atoms with Gasteiger partial charge >= 0.3 is 5.97 Å². The number of rotatable bonds is 9. The largest absolute Gasteiger partial charge is 0.478 e. The van der Waals surface area contributed by atoms with Gasteiger partial charge in [-0.1, -0.05) is 13.3 Å². The topological polar surface area (TPSA) is 82.7 Å². The van der Waals surface area contributed by atoms with E-state index in [0.29, 0.717) is 18.2 Å². The van der Waals surface area contributed by atoms with Gasteiger partial charge in [-0.25, -0.2) is 4.79 Å². The number of aromatic carboxylic acids is 1. The highest BCUT2D eigenvalue weighted by atomic mass is 16.4. The maximum atomic E-state index is 10.7. The normalized spacial score (nSPS) is 12.6. The van der Waals surface area contributed by atoms with E-state index in [4.69, 9.17) is 14.6 Å². The molecule has 0 amide bonds. The van der Waals surface area contributed by atoms with Crippen LogP contribution in [0.2, 0.25) is 0 Å². The van der Waals surface area contributed by atoms with Gasteiger partial charge < -0.3 is 19.9 Å². The molecule has 0 aliphatic heterocycles. The van der Waals surface area contributed by atoms with Gasteiger partial charge in [0.25, 0.3) is 0 Å². The van der Waals surface area contributed by atoms with Crippen molar-refractivity contribution in [2.24, 2.45) is 5.92 Å². The Morgan fingerprint density at radius 2 is 2.28 bits per heavy atom. The van der Waals surface area contributed by atoms with Crippen LogP contribution in [-0.2, 0) is 6.54 Å². The molecule has 0 aliphatic carbocycles. The lowest BCUT2D eigenvalue weighted by Gasteiger charge is -2.14.